The molecule has 108 valence electrons. The SMILES string of the molecule is CN(CCN1CCCC1)Cc1nc2cc(N)ccc2o1. The average molecular weight is 274 g/mol. The molecule has 1 aromatic heterocycles. The lowest BCUT2D eigenvalue weighted by Gasteiger charge is -2.19. The molecule has 1 aliphatic rings. The maximum Gasteiger partial charge on any atom is 0.209 e. The standard InChI is InChI=1S/C15H22N4O/c1-18(8-9-19-6-2-3-7-19)11-15-17-13-10-12(16)4-5-14(13)20-15/h4-5,10H,2-3,6-9,11,16H2,1H3. The smallest absolute Gasteiger partial charge is 0.209 e. The Kier molecular flexibility index (Phi) is 3.89. The van der Waals surface area contributed by atoms with Crippen molar-refractivity contribution in [1.29, 1.82) is 0 Å². The molecule has 1 saturated heterocycles. The second-order valence-electron chi connectivity index (χ2n) is 5.62. The van der Waals surface area contributed by atoms with Gasteiger partial charge in [0.1, 0.15) is 5.52 Å². The number of likely N-dealkylation sites (tertiary alicyclic amines) is 1. The third-order valence-corrected chi connectivity index (χ3v) is 3.86. The van der Waals surface area contributed by atoms with Crippen LogP contribution in [0.15, 0.2) is 22.6 Å². The molecule has 0 atom stereocenters. The maximum atomic E-state index is 5.75. The lowest BCUT2D eigenvalue weighted by molar-refractivity contribution is 0.238. The monoisotopic (exact) mass is 274 g/mol. The van der Waals surface area contributed by atoms with Crippen LogP contribution in [0.2, 0.25) is 0 Å². The molecule has 0 aliphatic carbocycles. The van der Waals surface area contributed by atoms with E-state index in [1.54, 1.807) is 0 Å². The highest BCUT2D eigenvalue weighted by molar-refractivity contribution is 5.76. The van der Waals surface area contributed by atoms with Gasteiger partial charge in [0.2, 0.25) is 5.89 Å². The number of nitrogens with zero attached hydrogens (tertiary/aromatic N) is 3. The molecule has 0 spiro atoms. The Bertz CT molecular complexity index is 574. The van der Waals surface area contributed by atoms with Crippen molar-refractivity contribution >= 4 is 16.8 Å². The molecule has 0 unspecified atom stereocenters. The third kappa shape index (κ3) is 3.11. The summed E-state index contributed by atoms with van der Waals surface area (Å²) in [4.78, 5) is 9.26. The molecule has 1 fully saturated rings. The van der Waals surface area contributed by atoms with Crippen molar-refractivity contribution in [2.75, 3.05) is 39.0 Å². The summed E-state index contributed by atoms with van der Waals surface area (Å²) in [6.45, 7) is 5.40. The summed E-state index contributed by atoms with van der Waals surface area (Å²) in [6, 6.07) is 5.58. The zero-order chi connectivity index (χ0) is 13.9. The molecule has 20 heavy (non-hydrogen) atoms. The van der Waals surface area contributed by atoms with Crippen LogP contribution in [0, 0.1) is 0 Å². The fraction of sp³-hybridized carbons (Fsp3) is 0.533. The topological polar surface area (TPSA) is 58.5 Å². The van der Waals surface area contributed by atoms with E-state index in [-0.39, 0.29) is 0 Å². The number of hydrogen-bond acceptors (Lipinski definition) is 5. The third-order valence-electron chi connectivity index (χ3n) is 3.86. The van der Waals surface area contributed by atoms with Crippen LogP contribution in [-0.2, 0) is 6.54 Å². The van der Waals surface area contributed by atoms with E-state index in [1.807, 2.05) is 18.2 Å². The summed E-state index contributed by atoms with van der Waals surface area (Å²) in [5.41, 5.74) is 8.12. The van der Waals surface area contributed by atoms with Gasteiger partial charge >= 0.3 is 0 Å². The van der Waals surface area contributed by atoms with Crippen LogP contribution in [0.25, 0.3) is 11.1 Å². The van der Waals surface area contributed by atoms with Gasteiger partial charge in [-0.1, -0.05) is 0 Å². The van der Waals surface area contributed by atoms with Gasteiger partial charge in [-0.2, -0.15) is 0 Å². The molecule has 0 amide bonds. The highest BCUT2D eigenvalue weighted by Gasteiger charge is 2.13. The number of hydrogen-bond donors (Lipinski definition) is 1. The van der Waals surface area contributed by atoms with E-state index in [4.69, 9.17) is 10.2 Å². The Labute approximate surface area is 119 Å². The van der Waals surface area contributed by atoms with E-state index in [0.29, 0.717) is 0 Å². The number of nitrogens with two attached hydrogens (primary N) is 1. The van der Waals surface area contributed by atoms with Crippen molar-refractivity contribution in [3.8, 4) is 0 Å². The lowest BCUT2D eigenvalue weighted by atomic mass is 10.3. The number of benzene rings is 1. The first-order valence-electron chi connectivity index (χ1n) is 7.26. The van der Waals surface area contributed by atoms with E-state index in [2.05, 4.69) is 21.8 Å². The van der Waals surface area contributed by atoms with Gasteiger partial charge < -0.3 is 15.1 Å². The van der Waals surface area contributed by atoms with E-state index in [1.165, 1.54) is 25.9 Å². The van der Waals surface area contributed by atoms with Gasteiger partial charge in [-0.05, 0) is 51.2 Å². The van der Waals surface area contributed by atoms with Crippen LogP contribution < -0.4 is 5.73 Å². The van der Waals surface area contributed by atoms with Crippen molar-refractivity contribution in [3.05, 3.63) is 24.1 Å². The number of fused-ring (bicyclic) bond motifs is 1. The zero-order valence-corrected chi connectivity index (χ0v) is 12.0. The van der Waals surface area contributed by atoms with Gasteiger partial charge in [-0.15, -0.1) is 0 Å². The van der Waals surface area contributed by atoms with Crippen molar-refractivity contribution in [3.63, 3.8) is 0 Å². The number of rotatable bonds is 5. The van der Waals surface area contributed by atoms with Gasteiger partial charge in [-0.25, -0.2) is 4.98 Å². The van der Waals surface area contributed by atoms with Gasteiger partial charge in [0.05, 0.1) is 6.54 Å². The average Bonchev–Trinajstić information content (AvgIpc) is 3.04. The predicted octanol–water partition coefficient (Wildman–Crippen LogP) is 1.94. The Balaban J connectivity index is 1.57. The summed E-state index contributed by atoms with van der Waals surface area (Å²) >= 11 is 0. The first-order chi connectivity index (χ1) is 9.70. The van der Waals surface area contributed by atoms with E-state index < -0.39 is 0 Å². The molecule has 3 rings (SSSR count). The van der Waals surface area contributed by atoms with E-state index in [9.17, 15) is 0 Å². The summed E-state index contributed by atoms with van der Waals surface area (Å²) in [6.07, 6.45) is 2.69. The van der Waals surface area contributed by atoms with Crippen molar-refractivity contribution in [1.82, 2.24) is 14.8 Å². The fourth-order valence-electron chi connectivity index (χ4n) is 2.69. The Morgan fingerprint density at radius 1 is 1.35 bits per heavy atom. The van der Waals surface area contributed by atoms with Crippen molar-refractivity contribution < 1.29 is 4.42 Å². The minimum Gasteiger partial charge on any atom is -0.439 e. The Hall–Kier alpha value is -1.59. The van der Waals surface area contributed by atoms with Crippen molar-refractivity contribution in [2.45, 2.75) is 19.4 Å². The summed E-state index contributed by atoms with van der Waals surface area (Å²) in [5, 5.41) is 0. The lowest BCUT2D eigenvalue weighted by Crippen LogP contribution is -2.31. The van der Waals surface area contributed by atoms with Gasteiger partial charge in [0.25, 0.3) is 0 Å². The number of likely N-dealkylation sites (N-methyl/N-ethyl adjacent to an activating group) is 1. The molecular weight excluding hydrogens is 252 g/mol. The van der Waals surface area contributed by atoms with Crippen molar-refractivity contribution in [2.24, 2.45) is 0 Å². The van der Waals surface area contributed by atoms with Gasteiger partial charge in [0, 0.05) is 18.8 Å². The highest BCUT2D eigenvalue weighted by atomic mass is 16.3. The van der Waals surface area contributed by atoms with E-state index in [0.717, 1.165) is 42.3 Å². The number of anilines is 1. The quantitative estimate of drug-likeness (QED) is 0.844. The molecule has 2 N–H and O–H groups in total. The molecule has 0 saturated carbocycles. The zero-order valence-electron chi connectivity index (χ0n) is 12.0. The molecule has 1 aromatic carbocycles. The molecule has 1 aliphatic heterocycles. The summed E-state index contributed by atoms with van der Waals surface area (Å²) in [7, 11) is 2.11. The molecule has 0 bridgehead atoms. The minimum absolute atomic E-state index is 0.722. The largest absolute Gasteiger partial charge is 0.439 e. The first-order valence-corrected chi connectivity index (χ1v) is 7.26. The second-order valence-corrected chi connectivity index (χ2v) is 5.62. The first kappa shape index (κ1) is 13.4. The summed E-state index contributed by atoms with van der Waals surface area (Å²) < 4.78 is 5.74. The molecule has 0 radical (unpaired) electrons. The van der Waals surface area contributed by atoms with Crippen LogP contribution in [-0.4, -0.2) is 48.0 Å². The fourth-order valence-corrected chi connectivity index (χ4v) is 2.69. The molecule has 5 heteroatoms. The molecule has 5 nitrogen and oxygen atoms in total. The number of aromatic nitrogens is 1. The minimum atomic E-state index is 0.722. The summed E-state index contributed by atoms with van der Waals surface area (Å²) in [5.74, 6) is 0.759. The maximum absolute atomic E-state index is 5.75. The van der Waals surface area contributed by atoms with Crippen LogP contribution in [0.1, 0.15) is 18.7 Å². The molecule has 2 aromatic rings. The Morgan fingerprint density at radius 3 is 2.95 bits per heavy atom. The second kappa shape index (κ2) is 5.81. The van der Waals surface area contributed by atoms with Crippen LogP contribution in [0.5, 0.6) is 0 Å². The van der Waals surface area contributed by atoms with E-state index >= 15 is 0 Å². The highest BCUT2D eigenvalue weighted by Crippen LogP contribution is 2.19. The van der Waals surface area contributed by atoms with Crippen LogP contribution >= 0.6 is 0 Å². The predicted molar refractivity (Wildman–Crippen MR) is 80.4 cm³/mol. The normalized spacial score (nSPS) is 16.5. The number of nitrogen functional groups attached to an aromatic ring is 1. The number of oxazole rings is 1. The van der Waals surface area contributed by atoms with Gasteiger partial charge in [0.15, 0.2) is 5.58 Å². The van der Waals surface area contributed by atoms with Crippen LogP contribution in [0.3, 0.4) is 0 Å². The van der Waals surface area contributed by atoms with Crippen LogP contribution in [0.4, 0.5) is 5.69 Å². The Morgan fingerprint density at radius 2 is 2.15 bits per heavy atom. The molecule has 2 heterocycles. The van der Waals surface area contributed by atoms with Gasteiger partial charge in [-0.3, -0.25) is 4.90 Å². The molecular formula is C15H22N4O.